The molecule has 7 heteroatoms. The second-order valence-corrected chi connectivity index (χ2v) is 5.55. The Morgan fingerprint density at radius 3 is 2.71 bits per heavy atom. The first-order chi connectivity index (χ1) is 10.0. The summed E-state index contributed by atoms with van der Waals surface area (Å²) >= 11 is 0. The van der Waals surface area contributed by atoms with Crippen molar-refractivity contribution >= 4 is 11.5 Å². The zero-order chi connectivity index (χ0) is 15.4. The molecule has 0 aliphatic carbocycles. The molecule has 1 unspecified atom stereocenters. The molecule has 0 bridgehead atoms. The summed E-state index contributed by atoms with van der Waals surface area (Å²) in [4.78, 5) is 26.1. The van der Waals surface area contributed by atoms with E-state index in [0.29, 0.717) is 18.2 Å². The maximum Gasteiger partial charge on any atom is 0.330 e. The zero-order valence-electron chi connectivity index (χ0n) is 12.6. The van der Waals surface area contributed by atoms with E-state index < -0.39 is 11.2 Å². The standard InChI is InChI=1S/C14H24N4O3/c1-3-6-18-12(15)11(13(19)17-14(18)20)16-9(2)10-4-7-21-8-5-10/h9-10,16H,3-8,15H2,1-2H3,(H,17,19,20). The lowest BCUT2D eigenvalue weighted by Crippen LogP contribution is -2.38. The van der Waals surface area contributed by atoms with Crippen LogP contribution < -0.4 is 22.3 Å². The summed E-state index contributed by atoms with van der Waals surface area (Å²) in [5, 5.41) is 3.19. The predicted molar refractivity (Wildman–Crippen MR) is 82.7 cm³/mol. The highest BCUT2D eigenvalue weighted by Crippen LogP contribution is 2.22. The van der Waals surface area contributed by atoms with Gasteiger partial charge in [0.2, 0.25) is 0 Å². The SMILES string of the molecule is CCCn1c(N)c(NC(C)C2CCOCC2)c(=O)[nH]c1=O. The van der Waals surface area contributed by atoms with Gasteiger partial charge < -0.3 is 15.8 Å². The van der Waals surface area contributed by atoms with Crippen LogP contribution in [0.5, 0.6) is 0 Å². The average molecular weight is 296 g/mol. The first-order valence-corrected chi connectivity index (χ1v) is 7.51. The van der Waals surface area contributed by atoms with Crippen LogP contribution in [-0.2, 0) is 11.3 Å². The number of aromatic amines is 1. The molecular formula is C14H24N4O3. The molecule has 1 fully saturated rings. The van der Waals surface area contributed by atoms with E-state index in [-0.39, 0.29) is 11.9 Å². The molecule has 0 amide bonds. The van der Waals surface area contributed by atoms with Gasteiger partial charge in [-0.25, -0.2) is 4.79 Å². The fourth-order valence-electron chi connectivity index (χ4n) is 2.73. The monoisotopic (exact) mass is 296 g/mol. The quantitative estimate of drug-likeness (QED) is 0.744. The lowest BCUT2D eigenvalue weighted by molar-refractivity contribution is 0.0622. The first-order valence-electron chi connectivity index (χ1n) is 7.51. The molecule has 1 saturated heterocycles. The van der Waals surface area contributed by atoms with Crippen LogP contribution in [0.15, 0.2) is 9.59 Å². The molecule has 1 atom stereocenters. The highest BCUT2D eigenvalue weighted by molar-refractivity contribution is 5.60. The number of nitrogen functional groups attached to an aromatic ring is 1. The number of nitrogens with two attached hydrogens (primary N) is 1. The Hall–Kier alpha value is -1.76. The number of rotatable bonds is 5. The van der Waals surface area contributed by atoms with Gasteiger partial charge in [0.1, 0.15) is 11.5 Å². The highest BCUT2D eigenvalue weighted by Gasteiger charge is 2.22. The van der Waals surface area contributed by atoms with Gasteiger partial charge in [-0.1, -0.05) is 6.92 Å². The van der Waals surface area contributed by atoms with Crippen molar-refractivity contribution in [3.05, 3.63) is 20.8 Å². The number of ether oxygens (including phenoxy) is 1. The number of aromatic nitrogens is 2. The number of hydrogen-bond donors (Lipinski definition) is 3. The van der Waals surface area contributed by atoms with Gasteiger partial charge in [-0.15, -0.1) is 0 Å². The normalized spacial score (nSPS) is 17.6. The van der Waals surface area contributed by atoms with E-state index in [9.17, 15) is 9.59 Å². The summed E-state index contributed by atoms with van der Waals surface area (Å²) in [7, 11) is 0. The Morgan fingerprint density at radius 1 is 1.43 bits per heavy atom. The minimum atomic E-state index is -0.455. The van der Waals surface area contributed by atoms with E-state index in [0.717, 1.165) is 32.5 Å². The van der Waals surface area contributed by atoms with Crippen LogP contribution in [0.25, 0.3) is 0 Å². The zero-order valence-corrected chi connectivity index (χ0v) is 12.6. The highest BCUT2D eigenvalue weighted by atomic mass is 16.5. The molecule has 2 rings (SSSR count). The van der Waals surface area contributed by atoms with Gasteiger partial charge in [0.25, 0.3) is 5.56 Å². The molecule has 0 aromatic carbocycles. The molecule has 2 heterocycles. The fourth-order valence-corrected chi connectivity index (χ4v) is 2.73. The van der Waals surface area contributed by atoms with Crippen LogP contribution in [0.4, 0.5) is 11.5 Å². The topological polar surface area (TPSA) is 102 Å². The summed E-state index contributed by atoms with van der Waals surface area (Å²) in [6.07, 6.45) is 2.69. The van der Waals surface area contributed by atoms with Crippen molar-refractivity contribution in [2.45, 2.75) is 45.7 Å². The smallest absolute Gasteiger partial charge is 0.330 e. The molecule has 4 N–H and O–H groups in total. The lowest BCUT2D eigenvalue weighted by atomic mass is 9.93. The molecule has 21 heavy (non-hydrogen) atoms. The van der Waals surface area contributed by atoms with Gasteiger partial charge in [-0.2, -0.15) is 0 Å². The number of hydrogen-bond acceptors (Lipinski definition) is 5. The second-order valence-electron chi connectivity index (χ2n) is 5.55. The third-order valence-corrected chi connectivity index (χ3v) is 4.03. The summed E-state index contributed by atoms with van der Waals surface area (Å²) in [6, 6.07) is 0.102. The molecule has 1 aromatic rings. The number of nitrogens with one attached hydrogen (secondary N) is 2. The number of nitrogens with zero attached hydrogens (tertiary/aromatic N) is 1. The first kappa shape index (κ1) is 15.6. The second kappa shape index (κ2) is 6.80. The van der Waals surface area contributed by atoms with E-state index in [1.54, 1.807) is 0 Å². The third-order valence-electron chi connectivity index (χ3n) is 4.03. The van der Waals surface area contributed by atoms with Gasteiger partial charge in [0, 0.05) is 25.8 Å². The Kier molecular flexibility index (Phi) is 5.06. The van der Waals surface area contributed by atoms with Gasteiger partial charge in [-0.05, 0) is 32.1 Å². The van der Waals surface area contributed by atoms with E-state index >= 15 is 0 Å². The Bertz CT molecular complexity index is 587. The number of anilines is 2. The summed E-state index contributed by atoms with van der Waals surface area (Å²) in [6.45, 7) is 5.97. The van der Waals surface area contributed by atoms with Crippen molar-refractivity contribution in [2.24, 2.45) is 5.92 Å². The van der Waals surface area contributed by atoms with E-state index in [2.05, 4.69) is 10.3 Å². The van der Waals surface area contributed by atoms with E-state index in [4.69, 9.17) is 10.5 Å². The van der Waals surface area contributed by atoms with Crippen LogP contribution in [0, 0.1) is 5.92 Å². The number of H-pyrrole nitrogens is 1. The summed E-state index contributed by atoms with van der Waals surface area (Å²) < 4.78 is 6.75. The van der Waals surface area contributed by atoms with Crippen LogP contribution >= 0.6 is 0 Å². The van der Waals surface area contributed by atoms with Gasteiger partial charge >= 0.3 is 5.69 Å². The van der Waals surface area contributed by atoms with Crippen LogP contribution in [0.3, 0.4) is 0 Å². The average Bonchev–Trinajstić information content (AvgIpc) is 2.48. The molecule has 1 aromatic heterocycles. The molecule has 1 aliphatic rings. The summed E-state index contributed by atoms with van der Waals surface area (Å²) in [5.74, 6) is 0.647. The van der Waals surface area contributed by atoms with Gasteiger partial charge in [0.05, 0.1) is 0 Å². The maximum atomic E-state index is 12.0. The molecule has 1 aliphatic heterocycles. The molecular weight excluding hydrogens is 272 g/mol. The van der Waals surface area contributed by atoms with Crippen molar-refractivity contribution in [3.8, 4) is 0 Å². The minimum absolute atomic E-state index is 0.102. The van der Waals surface area contributed by atoms with E-state index in [1.165, 1.54) is 4.57 Å². The molecule has 0 saturated carbocycles. The molecule has 118 valence electrons. The largest absolute Gasteiger partial charge is 0.383 e. The van der Waals surface area contributed by atoms with Crippen LogP contribution in [0.2, 0.25) is 0 Å². The van der Waals surface area contributed by atoms with Crippen molar-refractivity contribution in [3.63, 3.8) is 0 Å². The Morgan fingerprint density at radius 2 is 2.10 bits per heavy atom. The van der Waals surface area contributed by atoms with Crippen LogP contribution in [0.1, 0.15) is 33.1 Å². The third kappa shape index (κ3) is 3.47. The predicted octanol–water partition coefficient (Wildman–Crippen LogP) is 0.756. The molecule has 0 spiro atoms. The molecule has 0 radical (unpaired) electrons. The Labute approximate surface area is 123 Å². The van der Waals surface area contributed by atoms with Crippen LogP contribution in [-0.4, -0.2) is 28.8 Å². The van der Waals surface area contributed by atoms with Gasteiger partial charge in [-0.3, -0.25) is 14.3 Å². The maximum absolute atomic E-state index is 12.0. The fraction of sp³-hybridized carbons (Fsp3) is 0.714. The minimum Gasteiger partial charge on any atom is -0.383 e. The van der Waals surface area contributed by atoms with E-state index in [1.807, 2.05) is 13.8 Å². The van der Waals surface area contributed by atoms with Crippen molar-refractivity contribution in [1.82, 2.24) is 9.55 Å². The summed E-state index contributed by atoms with van der Waals surface area (Å²) in [5.41, 5.74) is 5.39. The molecule has 7 nitrogen and oxygen atoms in total. The van der Waals surface area contributed by atoms with Crippen molar-refractivity contribution in [1.29, 1.82) is 0 Å². The lowest BCUT2D eigenvalue weighted by Gasteiger charge is -2.29. The van der Waals surface area contributed by atoms with Crippen molar-refractivity contribution < 1.29 is 4.74 Å². The Balaban J connectivity index is 2.24. The van der Waals surface area contributed by atoms with Crippen molar-refractivity contribution in [2.75, 3.05) is 24.3 Å². The van der Waals surface area contributed by atoms with Gasteiger partial charge in [0.15, 0.2) is 0 Å².